The highest BCUT2D eigenvalue weighted by molar-refractivity contribution is 5.84. The van der Waals surface area contributed by atoms with Crippen LogP contribution in [-0.2, 0) is 0 Å². The van der Waals surface area contributed by atoms with Gasteiger partial charge in [-0.15, -0.1) is 0 Å². The molecule has 1 atom stereocenters. The minimum atomic E-state index is -0.257. The van der Waals surface area contributed by atoms with Crippen LogP contribution in [0.4, 0.5) is 4.39 Å². The van der Waals surface area contributed by atoms with Crippen molar-refractivity contribution in [2.75, 3.05) is 0 Å². The molecule has 0 aliphatic rings. The van der Waals surface area contributed by atoms with Gasteiger partial charge in [0, 0.05) is 17.6 Å². The molecule has 1 heterocycles. The highest BCUT2D eigenvalue weighted by Gasteiger charge is 2.06. The Kier molecular flexibility index (Phi) is 2.17. The van der Waals surface area contributed by atoms with E-state index in [0.29, 0.717) is 0 Å². The average Bonchev–Trinajstić information content (AvgIpc) is 2.16. The van der Waals surface area contributed by atoms with Crippen LogP contribution in [0.25, 0.3) is 10.8 Å². The number of halogens is 1. The van der Waals surface area contributed by atoms with E-state index in [0.717, 1.165) is 16.5 Å². The highest BCUT2D eigenvalue weighted by Crippen LogP contribution is 2.21. The van der Waals surface area contributed by atoms with Gasteiger partial charge in [0.2, 0.25) is 0 Å². The van der Waals surface area contributed by atoms with Gasteiger partial charge in [0.1, 0.15) is 5.82 Å². The maximum absolute atomic E-state index is 13.0. The number of nitrogens with zero attached hydrogens (tertiary/aromatic N) is 1. The SMILES string of the molecule is CC(N)c1nccc2ccc(F)cc12. The summed E-state index contributed by atoms with van der Waals surface area (Å²) in [5, 5.41) is 1.76. The molecule has 0 radical (unpaired) electrons. The first-order valence-corrected chi connectivity index (χ1v) is 4.48. The van der Waals surface area contributed by atoms with Gasteiger partial charge in [0.05, 0.1) is 5.69 Å². The van der Waals surface area contributed by atoms with Crippen LogP contribution < -0.4 is 5.73 Å². The molecule has 0 fully saturated rings. The number of hydrogen-bond acceptors (Lipinski definition) is 2. The van der Waals surface area contributed by atoms with Crippen LogP contribution in [0.1, 0.15) is 18.7 Å². The van der Waals surface area contributed by atoms with Gasteiger partial charge in [-0.25, -0.2) is 4.39 Å². The minimum Gasteiger partial charge on any atom is -0.323 e. The summed E-state index contributed by atoms with van der Waals surface area (Å²) in [6.07, 6.45) is 1.69. The van der Waals surface area contributed by atoms with Gasteiger partial charge in [0.25, 0.3) is 0 Å². The molecule has 1 aromatic carbocycles. The lowest BCUT2D eigenvalue weighted by Gasteiger charge is -2.08. The summed E-state index contributed by atoms with van der Waals surface area (Å²) in [4.78, 5) is 4.16. The van der Waals surface area contributed by atoms with Crippen molar-refractivity contribution in [2.24, 2.45) is 5.73 Å². The van der Waals surface area contributed by atoms with Gasteiger partial charge < -0.3 is 5.73 Å². The van der Waals surface area contributed by atoms with Crippen LogP contribution in [0.15, 0.2) is 30.5 Å². The van der Waals surface area contributed by atoms with E-state index in [1.165, 1.54) is 12.1 Å². The fourth-order valence-corrected chi connectivity index (χ4v) is 1.53. The lowest BCUT2D eigenvalue weighted by atomic mass is 10.1. The van der Waals surface area contributed by atoms with Crippen molar-refractivity contribution in [3.8, 4) is 0 Å². The first kappa shape index (κ1) is 9.09. The van der Waals surface area contributed by atoms with Crippen LogP contribution >= 0.6 is 0 Å². The largest absolute Gasteiger partial charge is 0.323 e. The molecule has 0 saturated heterocycles. The van der Waals surface area contributed by atoms with Gasteiger partial charge in [-0.05, 0) is 30.5 Å². The molecule has 2 nitrogen and oxygen atoms in total. The number of aromatic nitrogens is 1. The molecule has 2 N–H and O–H groups in total. The van der Waals surface area contributed by atoms with Crippen LogP contribution in [0, 0.1) is 5.82 Å². The summed E-state index contributed by atoms with van der Waals surface area (Å²) in [6.45, 7) is 1.84. The number of hydrogen-bond donors (Lipinski definition) is 1. The second-order valence-electron chi connectivity index (χ2n) is 3.35. The number of fused-ring (bicyclic) bond motifs is 1. The Morgan fingerprint density at radius 2 is 2.14 bits per heavy atom. The summed E-state index contributed by atoms with van der Waals surface area (Å²) < 4.78 is 13.0. The maximum atomic E-state index is 13.0. The molecule has 0 aliphatic heterocycles. The molecule has 3 heteroatoms. The maximum Gasteiger partial charge on any atom is 0.123 e. The third kappa shape index (κ3) is 1.46. The quantitative estimate of drug-likeness (QED) is 0.749. The Bertz CT molecular complexity index is 466. The fourth-order valence-electron chi connectivity index (χ4n) is 1.53. The van der Waals surface area contributed by atoms with E-state index in [2.05, 4.69) is 4.98 Å². The zero-order valence-electron chi connectivity index (χ0n) is 7.87. The molecule has 1 aromatic heterocycles. The van der Waals surface area contributed by atoms with E-state index in [1.807, 2.05) is 13.0 Å². The Morgan fingerprint density at radius 3 is 2.86 bits per heavy atom. The Morgan fingerprint density at radius 1 is 1.36 bits per heavy atom. The van der Waals surface area contributed by atoms with E-state index >= 15 is 0 Å². The molecule has 2 rings (SSSR count). The van der Waals surface area contributed by atoms with Crippen LogP contribution in [0.3, 0.4) is 0 Å². The van der Waals surface area contributed by atoms with E-state index in [4.69, 9.17) is 5.73 Å². The van der Waals surface area contributed by atoms with Gasteiger partial charge in [-0.3, -0.25) is 4.98 Å². The molecule has 2 aromatic rings. The smallest absolute Gasteiger partial charge is 0.123 e. The third-order valence-electron chi connectivity index (χ3n) is 2.19. The third-order valence-corrected chi connectivity index (χ3v) is 2.19. The fraction of sp³-hybridized carbons (Fsp3) is 0.182. The molecular weight excluding hydrogens is 179 g/mol. The van der Waals surface area contributed by atoms with E-state index in [1.54, 1.807) is 12.3 Å². The zero-order valence-corrected chi connectivity index (χ0v) is 7.87. The predicted molar refractivity (Wildman–Crippen MR) is 54.3 cm³/mol. The van der Waals surface area contributed by atoms with Gasteiger partial charge >= 0.3 is 0 Å². The van der Waals surface area contributed by atoms with Crippen molar-refractivity contribution in [1.82, 2.24) is 4.98 Å². The van der Waals surface area contributed by atoms with Gasteiger partial charge in [-0.2, -0.15) is 0 Å². The molecule has 14 heavy (non-hydrogen) atoms. The lowest BCUT2D eigenvalue weighted by Crippen LogP contribution is -2.07. The number of benzene rings is 1. The van der Waals surface area contributed by atoms with Gasteiger partial charge in [-0.1, -0.05) is 6.07 Å². The normalized spacial score (nSPS) is 13.1. The van der Waals surface area contributed by atoms with E-state index in [-0.39, 0.29) is 11.9 Å². The second-order valence-corrected chi connectivity index (χ2v) is 3.35. The monoisotopic (exact) mass is 190 g/mol. The Hall–Kier alpha value is -1.48. The Balaban J connectivity index is 2.77. The zero-order chi connectivity index (χ0) is 10.1. The number of nitrogens with two attached hydrogens (primary N) is 1. The van der Waals surface area contributed by atoms with Crippen molar-refractivity contribution >= 4 is 10.8 Å². The van der Waals surface area contributed by atoms with Crippen molar-refractivity contribution in [1.29, 1.82) is 0 Å². The first-order valence-electron chi connectivity index (χ1n) is 4.48. The molecule has 72 valence electrons. The molecule has 0 amide bonds. The molecule has 1 unspecified atom stereocenters. The summed E-state index contributed by atoms with van der Waals surface area (Å²) >= 11 is 0. The number of pyridine rings is 1. The standard InChI is InChI=1S/C11H11FN2/c1-7(13)11-10-6-9(12)3-2-8(10)4-5-14-11/h2-7H,13H2,1H3. The predicted octanol–water partition coefficient (Wildman–Crippen LogP) is 2.39. The highest BCUT2D eigenvalue weighted by atomic mass is 19.1. The summed E-state index contributed by atoms with van der Waals surface area (Å²) in [7, 11) is 0. The Labute approximate surface area is 81.6 Å². The lowest BCUT2D eigenvalue weighted by molar-refractivity contribution is 0.629. The summed E-state index contributed by atoms with van der Waals surface area (Å²) in [5.41, 5.74) is 6.48. The van der Waals surface area contributed by atoms with Crippen LogP contribution in [0.2, 0.25) is 0 Å². The van der Waals surface area contributed by atoms with E-state index in [9.17, 15) is 4.39 Å². The molecule has 0 spiro atoms. The summed E-state index contributed by atoms with van der Waals surface area (Å²) in [6, 6.07) is 6.31. The second kappa shape index (κ2) is 3.35. The van der Waals surface area contributed by atoms with Crippen molar-refractivity contribution < 1.29 is 4.39 Å². The minimum absolute atomic E-state index is 0.180. The van der Waals surface area contributed by atoms with Crippen molar-refractivity contribution in [3.63, 3.8) is 0 Å². The molecule has 0 saturated carbocycles. The van der Waals surface area contributed by atoms with Crippen LogP contribution in [-0.4, -0.2) is 4.98 Å². The first-order chi connectivity index (χ1) is 6.68. The van der Waals surface area contributed by atoms with E-state index < -0.39 is 0 Å². The average molecular weight is 190 g/mol. The topological polar surface area (TPSA) is 38.9 Å². The summed E-state index contributed by atoms with van der Waals surface area (Å²) in [5.74, 6) is -0.257. The van der Waals surface area contributed by atoms with Crippen molar-refractivity contribution in [3.05, 3.63) is 42.0 Å². The van der Waals surface area contributed by atoms with Gasteiger partial charge in [0.15, 0.2) is 0 Å². The molecule has 0 aliphatic carbocycles. The molecule has 0 bridgehead atoms. The molecular formula is C11H11FN2. The number of rotatable bonds is 1. The van der Waals surface area contributed by atoms with Crippen LogP contribution in [0.5, 0.6) is 0 Å². The van der Waals surface area contributed by atoms with Crippen molar-refractivity contribution in [2.45, 2.75) is 13.0 Å².